The summed E-state index contributed by atoms with van der Waals surface area (Å²) < 4.78 is 32.8. The molecule has 10 heteroatoms. The second-order valence-electron chi connectivity index (χ2n) is 14.9. The van der Waals surface area contributed by atoms with Crippen LogP contribution in [0.15, 0.2) is 36.5 Å². The topological polar surface area (TPSA) is 134 Å². The number of nitrogens with two attached hydrogens (primary N) is 1. The molecule has 9 nitrogen and oxygen atoms in total. The number of phosphoric ester groups is 1. The molecule has 3 N–H and O–H groups in total. The molecule has 0 radical (unpaired) electrons. The Bertz CT molecular complexity index is 1000. The highest BCUT2D eigenvalue weighted by atomic mass is 31.2. The summed E-state index contributed by atoms with van der Waals surface area (Å²) in [6.07, 6.45) is 46.0. The van der Waals surface area contributed by atoms with Crippen LogP contribution in [0.1, 0.15) is 206 Å². The van der Waals surface area contributed by atoms with Crippen molar-refractivity contribution in [2.45, 2.75) is 213 Å². The molecule has 0 amide bonds. The number of phosphoric acid groups is 1. The van der Waals surface area contributed by atoms with Crippen molar-refractivity contribution in [3.8, 4) is 0 Å². The van der Waals surface area contributed by atoms with Gasteiger partial charge in [0.05, 0.1) is 13.2 Å². The van der Waals surface area contributed by atoms with Gasteiger partial charge in [-0.1, -0.05) is 159 Å². The molecule has 0 spiro atoms. The highest BCUT2D eigenvalue weighted by Crippen LogP contribution is 2.43. The van der Waals surface area contributed by atoms with Crippen molar-refractivity contribution in [3.63, 3.8) is 0 Å². The molecule has 0 aromatic heterocycles. The summed E-state index contributed by atoms with van der Waals surface area (Å²) in [6.45, 7) is 3.70. The van der Waals surface area contributed by atoms with E-state index >= 15 is 0 Å². The molecular weight excluding hydrogens is 713 g/mol. The van der Waals surface area contributed by atoms with Gasteiger partial charge in [0, 0.05) is 19.4 Å². The van der Waals surface area contributed by atoms with E-state index in [1.165, 1.54) is 103 Å². The van der Waals surface area contributed by atoms with E-state index in [9.17, 15) is 19.0 Å². The van der Waals surface area contributed by atoms with Gasteiger partial charge in [-0.25, -0.2) is 4.57 Å². The second-order valence-corrected chi connectivity index (χ2v) is 16.4. The Morgan fingerprint density at radius 1 is 0.545 bits per heavy atom. The van der Waals surface area contributed by atoms with Crippen LogP contribution in [0.2, 0.25) is 0 Å². The lowest BCUT2D eigenvalue weighted by molar-refractivity contribution is -0.161. The Hall–Kier alpha value is -1.77. The number of ether oxygens (including phenoxy) is 2. The van der Waals surface area contributed by atoms with Gasteiger partial charge in [-0.05, 0) is 70.6 Å². The van der Waals surface area contributed by atoms with Crippen LogP contribution in [0.3, 0.4) is 0 Å². The van der Waals surface area contributed by atoms with Gasteiger partial charge in [0.15, 0.2) is 6.10 Å². The summed E-state index contributed by atoms with van der Waals surface area (Å²) in [5.74, 6) is -0.840. The number of hydrogen-bond acceptors (Lipinski definition) is 8. The number of hydrogen-bond donors (Lipinski definition) is 2. The maximum absolute atomic E-state index is 12.6. The third-order valence-corrected chi connectivity index (χ3v) is 10.5. The quantitative estimate of drug-likeness (QED) is 0.0268. The molecule has 55 heavy (non-hydrogen) atoms. The van der Waals surface area contributed by atoms with E-state index in [0.717, 1.165) is 70.6 Å². The molecule has 0 aliphatic carbocycles. The maximum Gasteiger partial charge on any atom is 0.472 e. The van der Waals surface area contributed by atoms with E-state index in [2.05, 4.69) is 50.3 Å². The van der Waals surface area contributed by atoms with E-state index in [0.29, 0.717) is 6.42 Å². The van der Waals surface area contributed by atoms with Gasteiger partial charge < -0.3 is 20.1 Å². The molecule has 0 aliphatic heterocycles. The van der Waals surface area contributed by atoms with Crippen LogP contribution < -0.4 is 5.73 Å². The van der Waals surface area contributed by atoms with Crippen molar-refractivity contribution in [1.82, 2.24) is 0 Å². The van der Waals surface area contributed by atoms with Crippen LogP contribution in [0.4, 0.5) is 0 Å². The highest BCUT2D eigenvalue weighted by Gasteiger charge is 2.26. The van der Waals surface area contributed by atoms with Crippen molar-refractivity contribution >= 4 is 19.8 Å². The number of carbonyl (C=O) groups excluding carboxylic acids is 2. The molecule has 0 aromatic rings. The lowest BCUT2D eigenvalue weighted by Crippen LogP contribution is -2.29. The Kier molecular flexibility index (Phi) is 40.5. The third kappa shape index (κ3) is 41.7. The van der Waals surface area contributed by atoms with Crippen LogP contribution in [-0.2, 0) is 32.7 Å². The van der Waals surface area contributed by atoms with E-state index in [1.807, 2.05) is 0 Å². The summed E-state index contributed by atoms with van der Waals surface area (Å²) in [7, 11) is -4.38. The average molecular weight is 798 g/mol. The van der Waals surface area contributed by atoms with Crippen molar-refractivity contribution in [2.75, 3.05) is 26.4 Å². The standard InChI is InChI=1S/C45H84NO8P/c1-3-5-7-9-11-13-15-17-19-20-21-22-24-26-28-30-32-34-36-38-45(48)54-43(42-53-55(49,50)52-40-39-46)41-51-44(47)37-35-33-31-29-27-25-23-18-16-14-12-10-8-6-4-2/h11,13,17-19,23,43H,3-10,12,14-16,20-22,24-42,46H2,1-2H3,(H,49,50)/b13-11-,19-17-,23-18-. The van der Waals surface area contributed by atoms with Gasteiger partial charge in [0.25, 0.3) is 0 Å². The summed E-state index contributed by atoms with van der Waals surface area (Å²) in [5, 5.41) is 0. The Labute approximate surface area is 337 Å². The maximum atomic E-state index is 12.6. The fraction of sp³-hybridized carbons (Fsp3) is 0.822. The Balaban J connectivity index is 4.14. The highest BCUT2D eigenvalue weighted by molar-refractivity contribution is 7.47. The number of carbonyl (C=O) groups is 2. The summed E-state index contributed by atoms with van der Waals surface area (Å²) in [4.78, 5) is 34.9. The second kappa shape index (κ2) is 41.9. The number of esters is 2. The Morgan fingerprint density at radius 2 is 0.945 bits per heavy atom. The largest absolute Gasteiger partial charge is 0.472 e. The molecule has 0 fully saturated rings. The number of allylic oxidation sites excluding steroid dienone is 6. The number of rotatable bonds is 42. The van der Waals surface area contributed by atoms with Gasteiger partial charge >= 0.3 is 19.8 Å². The van der Waals surface area contributed by atoms with E-state index in [1.54, 1.807) is 0 Å². The normalized spacial score (nSPS) is 13.6. The van der Waals surface area contributed by atoms with Crippen molar-refractivity contribution in [2.24, 2.45) is 5.73 Å². The molecule has 0 saturated heterocycles. The fourth-order valence-corrected chi connectivity index (χ4v) is 6.89. The van der Waals surface area contributed by atoms with Crippen LogP contribution >= 0.6 is 7.82 Å². The molecular formula is C45H84NO8P. The fourth-order valence-electron chi connectivity index (χ4n) is 6.13. The zero-order chi connectivity index (χ0) is 40.3. The minimum absolute atomic E-state index is 0.0515. The van der Waals surface area contributed by atoms with Gasteiger partial charge in [0.2, 0.25) is 0 Å². The van der Waals surface area contributed by atoms with Gasteiger partial charge in [-0.2, -0.15) is 0 Å². The van der Waals surface area contributed by atoms with Crippen LogP contribution in [-0.4, -0.2) is 49.3 Å². The van der Waals surface area contributed by atoms with E-state index in [4.69, 9.17) is 24.3 Å². The van der Waals surface area contributed by atoms with Crippen molar-refractivity contribution in [3.05, 3.63) is 36.5 Å². The van der Waals surface area contributed by atoms with Crippen LogP contribution in [0.5, 0.6) is 0 Å². The first-order valence-corrected chi connectivity index (χ1v) is 24.0. The minimum Gasteiger partial charge on any atom is -0.462 e. The van der Waals surface area contributed by atoms with Gasteiger partial charge in [-0.3, -0.25) is 18.6 Å². The van der Waals surface area contributed by atoms with Crippen molar-refractivity contribution in [1.29, 1.82) is 0 Å². The first-order chi connectivity index (χ1) is 26.8. The zero-order valence-electron chi connectivity index (χ0n) is 35.4. The Morgan fingerprint density at radius 3 is 1.44 bits per heavy atom. The molecule has 2 unspecified atom stereocenters. The number of unbranched alkanes of at least 4 members (excludes halogenated alkanes) is 23. The summed E-state index contributed by atoms with van der Waals surface area (Å²) >= 11 is 0. The van der Waals surface area contributed by atoms with Crippen LogP contribution in [0, 0.1) is 0 Å². The molecule has 0 bridgehead atoms. The summed E-state index contributed by atoms with van der Waals surface area (Å²) in [6, 6.07) is 0. The zero-order valence-corrected chi connectivity index (χ0v) is 36.3. The lowest BCUT2D eigenvalue weighted by Gasteiger charge is -2.19. The molecule has 0 aliphatic rings. The van der Waals surface area contributed by atoms with Gasteiger partial charge in [-0.15, -0.1) is 0 Å². The van der Waals surface area contributed by atoms with E-state index < -0.39 is 32.5 Å². The molecule has 2 atom stereocenters. The average Bonchev–Trinajstić information content (AvgIpc) is 3.17. The monoisotopic (exact) mass is 798 g/mol. The molecule has 322 valence electrons. The van der Waals surface area contributed by atoms with E-state index in [-0.39, 0.29) is 32.6 Å². The predicted molar refractivity (Wildman–Crippen MR) is 229 cm³/mol. The third-order valence-electron chi connectivity index (χ3n) is 9.50. The molecule has 0 heterocycles. The van der Waals surface area contributed by atoms with Crippen LogP contribution in [0.25, 0.3) is 0 Å². The molecule has 0 rings (SSSR count). The first-order valence-electron chi connectivity index (χ1n) is 22.5. The molecule has 0 aromatic carbocycles. The minimum atomic E-state index is -4.38. The SMILES string of the molecule is CCCCC/C=C\C/C=C\CCCCCCCCCCCC(=O)OC(COC(=O)CCCCCCC/C=C\CCCCCCCC)COP(=O)(O)OCCN. The van der Waals surface area contributed by atoms with Gasteiger partial charge in [0.1, 0.15) is 6.61 Å². The smallest absolute Gasteiger partial charge is 0.462 e. The first kappa shape index (κ1) is 53.2. The molecule has 0 saturated carbocycles. The summed E-state index contributed by atoms with van der Waals surface area (Å²) in [5.41, 5.74) is 5.35. The van der Waals surface area contributed by atoms with Crippen molar-refractivity contribution < 1.29 is 37.6 Å². The predicted octanol–water partition coefficient (Wildman–Crippen LogP) is 12.9. The lowest BCUT2D eigenvalue weighted by atomic mass is 10.1.